The second-order valence-electron chi connectivity index (χ2n) is 6.08. The second-order valence-corrected chi connectivity index (χ2v) is 6.94. The van der Waals surface area contributed by atoms with Crippen molar-refractivity contribution in [1.29, 1.82) is 0 Å². The maximum absolute atomic E-state index is 12.8. The predicted octanol–water partition coefficient (Wildman–Crippen LogP) is 5.84. The zero-order chi connectivity index (χ0) is 20.6. The first kappa shape index (κ1) is 19.0. The summed E-state index contributed by atoms with van der Waals surface area (Å²) in [6, 6.07) is 11.4. The van der Waals surface area contributed by atoms with Crippen molar-refractivity contribution < 1.29 is 27.1 Å². The fourth-order valence-electron chi connectivity index (χ4n) is 2.73. The van der Waals surface area contributed by atoms with Gasteiger partial charge in [0.15, 0.2) is 10.9 Å². The van der Waals surface area contributed by atoms with Gasteiger partial charge in [0.2, 0.25) is 0 Å². The lowest BCUT2D eigenvalue weighted by atomic mass is 10.1. The Bertz CT molecular complexity index is 1200. The van der Waals surface area contributed by atoms with Crippen LogP contribution in [0.3, 0.4) is 0 Å². The smallest absolute Gasteiger partial charge is 0.416 e. The molecular formula is C20H13F3N2O3S. The van der Waals surface area contributed by atoms with E-state index >= 15 is 0 Å². The highest BCUT2D eigenvalue weighted by Crippen LogP contribution is 2.32. The average molecular weight is 418 g/mol. The fraction of sp³-hybridized carbons (Fsp3) is 0.100. The van der Waals surface area contributed by atoms with Gasteiger partial charge in [0.25, 0.3) is 5.91 Å². The lowest BCUT2D eigenvalue weighted by Crippen LogP contribution is -2.13. The van der Waals surface area contributed by atoms with Crippen LogP contribution in [0.2, 0.25) is 0 Å². The highest BCUT2D eigenvalue weighted by molar-refractivity contribution is 7.14. The van der Waals surface area contributed by atoms with E-state index in [1.807, 2.05) is 6.07 Å². The van der Waals surface area contributed by atoms with E-state index in [-0.39, 0.29) is 10.7 Å². The summed E-state index contributed by atoms with van der Waals surface area (Å²) >= 11 is 1.14. The molecule has 0 saturated carbocycles. The fourth-order valence-corrected chi connectivity index (χ4v) is 3.42. The van der Waals surface area contributed by atoms with Crippen molar-refractivity contribution in [1.82, 2.24) is 4.98 Å². The maximum Gasteiger partial charge on any atom is 0.416 e. The Balaban J connectivity index is 1.54. The number of thiazole rings is 1. The number of ether oxygens (including phenoxy) is 1. The third-order valence-corrected chi connectivity index (χ3v) is 4.91. The normalized spacial score (nSPS) is 11.6. The summed E-state index contributed by atoms with van der Waals surface area (Å²) in [5, 5.41) is 5.30. The second kappa shape index (κ2) is 7.25. The summed E-state index contributed by atoms with van der Waals surface area (Å²) in [5.41, 5.74) is 0.169. The van der Waals surface area contributed by atoms with Gasteiger partial charge < -0.3 is 9.15 Å². The maximum atomic E-state index is 12.8. The summed E-state index contributed by atoms with van der Waals surface area (Å²) in [6.45, 7) is 0. The van der Waals surface area contributed by atoms with E-state index in [9.17, 15) is 18.0 Å². The van der Waals surface area contributed by atoms with E-state index in [1.165, 1.54) is 12.1 Å². The number of hydrogen-bond donors (Lipinski definition) is 1. The van der Waals surface area contributed by atoms with Crippen molar-refractivity contribution in [2.45, 2.75) is 6.18 Å². The molecule has 148 valence electrons. The van der Waals surface area contributed by atoms with Gasteiger partial charge in [0, 0.05) is 16.3 Å². The van der Waals surface area contributed by atoms with Crippen LogP contribution in [0, 0.1) is 0 Å². The van der Waals surface area contributed by atoms with Gasteiger partial charge in [-0.3, -0.25) is 10.1 Å². The van der Waals surface area contributed by atoms with Crippen LogP contribution < -0.4 is 10.1 Å². The molecule has 0 atom stereocenters. The van der Waals surface area contributed by atoms with Gasteiger partial charge in [-0.2, -0.15) is 13.2 Å². The van der Waals surface area contributed by atoms with E-state index in [4.69, 9.17) is 9.15 Å². The monoisotopic (exact) mass is 418 g/mol. The molecule has 4 aromatic rings. The largest absolute Gasteiger partial charge is 0.497 e. The molecule has 2 heterocycles. The molecule has 0 radical (unpaired) electrons. The number of benzene rings is 2. The number of hydrogen-bond acceptors (Lipinski definition) is 5. The number of nitrogens with one attached hydrogen (secondary N) is 1. The molecule has 0 saturated heterocycles. The first-order valence-electron chi connectivity index (χ1n) is 8.35. The summed E-state index contributed by atoms with van der Waals surface area (Å²) in [5.74, 6) is 0.521. The van der Waals surface area contributed by atoms with Crippen molar-refractivity contribution in [2.24, 2.45) is 0 Å². The summed E-state index contributed by atoms with van der Waals surface area (Å²) in [4.78, 5) is 16.6. The number of carbonyl (C=O) groups excluding carboxylic acids is 1. The molecule has 2 aromatic heterocycles. The third-order valence-electron chi connectivity index (χ3n) is 4.15. The van der Waals surface area contributed by atoms with Gasteiger partial charge in [-0.25, -0.2) is 4.98 Å². The molecule has 5 nitrogen and oxygen atoms in total. The number of furan rings is 1. The standard InChI is InChI=1S/C20H13F3N2O3S/c1-27-14-5-6-16-12(8-14)9-17(28-16)15-10-29-19(24-15)25-18(26)11-3-2-4-13(7-11)20(21,22)23/h2-10H,1H3,(H,24,25,26). The molecule has 0 fully saturated rings. The van der Waals surface area contributed by atoms with Gasteiger partial charge in [0.1, 0.15) is 17.0 Å². The Hall–Kier alpha value is -3.33. The molecule has 0 aliphatic rings. The highest BCUT2D eigenvalue weighted by atomic mass is 32.1. The van der Waals surface area contributed by atoms with E-state index in [0.717, 1.165) is 28.9 Å². The van der Waals surface area contributed by atoms with Crippen LogP contribution in [0.25, 0.3) is 22.4 Å². The number of nitrogens with zero attached hydrogens (tertiary/aromatic N) is 1. The number of anilines is 1. The molecule has 0 aliphatic heterocycles. The van der Waals surface area contributed by atoms with Crippen LogP contribution in [0.15, 0.2) is 58.3 Å². The van der Waals surface area contributed by atoms with Crippen LogP contribution in [0.1, 0.15) is 15.9 Å². The Morgan fingerprint density at radius 1 is 1.17 bits per heavy atom. The average Bonchev–Trinajstić information content (AvgIpc) is 3.33. The number of aromatic nitrogens is 1. The van der Waals surface area contributed by atoms with E-state index in [2.05, 4.69) is 10.3 Å². The van der Waals surface area contributed by atoms with Crippen molar-refractivity contribution in [3.63, 3.8) is 0 Å². The summed E-state index contributed by atoms with van der Waals surface area (Å²) in [7, 11) is 1.57. The molecule has 2 aromatic carbocycles. The van der Waals surface area contributed by atoms with E-state index in [0.29, 0.717) is 22.8 Å². The Kier molecular flexibility index (Phi) is 4.75. The van der Waals surface area contributed by atoms with Crippen LogP contribution in [0.4, 0.5) is 18.3 Å². The number of methoxy groups -OCH3 is 1. The number of rotatable bonds is 4. The minimum Gasteiger partial charge on any atom is -0.497 e. The van der Waals surface area contributed by atoms with Crippen LogP contribution >= 0.6 is 11.3 Å². The highest BCUT2D eigenvalue weighted by Gasteiger charge is 2.31. The van der Waals surface area contributed by atoms with Crippen molar-refractivity contribution >= 4 is 33.3 Å². The molecule has 1 N–H and O–H groups in total. The lowest BCUT2D eigenvalue weighted by Gasteiger charge is -2.08. The van der Waals surface area contributed by atoms with Crippen molar-refractivity contribution in [2.75, 3.05) is 12.4 Å². The SMILES string of the molecule is COc1ccc2oc(-c3csc(NC(=O)c4cccc(C(F)(F)F)c4)n3)cc2c1. The molecule has 29 heavy (non-hydrogen) atoms. The number of carbonyl (C=O) groups is 1. The van der Waals surface area contributed by atoms with E-state index < -0.39 is 17.6 Å². The topological polar surface area (TPSA) is 64.4 Å². The number of alkyl halides is 3. The Labute approximate surface area is 166 Å². The van der Waals surface area contributed by atoms with Gasteiger partial charge in [-0.05, 0) is 42.5 Å². The van der Waals surface area contributed by atoms with Crippen molar-refractivity contribution in [3.05, 3.63) is 65.0 Å². The predicted molar refractivity (Wildman–Crippen MR) is 103 cm³/mol. The quantitative estimate of drug-likeness (QED) is 0.453. The van der Waals surface area contributed by atoms with Crippen LogP contribution in [-0.4, -0.2) is 18.0 Å². The third kappa shape index (κ3) is 3.95. The first-order chi connectivity index (χ1) is 13.8. The molecule has 0 bridgehead atoms. The Morgan fingerprint density at radius 3 is 2.76 bits per heavy atom. The molecule has 9 heteroatoms. The van der Waals surface area contributed by atoms with Gasteiger partial charge in [-0.1, -0.05) is 6.07 Å². The van der Waals surface area contributed by atoms with Crippen LogP contribution in [-0.2, 0) is 6.18 Å². The molecular weight excluding hydrogens is 405 g/mol. The minimum atomic E-state index is -4.52. The van der Waals surface area contributed by atoms with Gasteiger partial charge in [0.05, 0.1) is 12.7 Å². The lowest BCUT2D eigenvalue weighted by molar-refractivity contribution is -0.137. The number of amides is 1. The Morgan fingerprint density at radius 2 is 2.00 bits per heavy atom. The molecule has 0 unspecified atom stereocenters. The molecule has 0 aliphatic carbocycles. The minimum absolute atomic E-state index is 0.104. The number of fused-ring (bicyclic) bond motifs is 1. The van der Waals surface area contributed by atoms with E-state index in [1.54, 1.807) is 30.7 Å². The number of halogens is 3. The zero-order valence-corrected chi connectivity index (χ0v) is 15.7. The van der Waals surface area contributed by atoms with Crippen LogP contribution in [0.5, 0.6) is 5.75 Å². The van der Waals surface area contributed by atoms with Gasteiger partial charge in [-0.15, -0.1) is 11.3 Å². The zero-order valence-electron chi connectivity index (χ0n) is 14.9. The molecule has 1 amide bonds. The summed E-state index contributed by atoms with van der Waals surface area (Å²) < 4.78 is 49.4. The van der Waals surface area contributed by atoms with Gasteiger partial charge >= 0.3 is 6.18 Å². The van der Waals surface area contributed by atoms with Crippen molar-refractivity contribution in [3.8, 4) is 17.2 Å². The summed E-state index contributed by atoms with van der Waals surface area (Å²) in [6.07, 6.45) is -4.52. The first-order valence-corrected chi connectivity index (χ1v) is 9.23. The molecule has 0 spiro atoms. The molecule has 4 rings (SSSR count).